The summed E-state index contributed by atoms with van der Waals surface area (Å²) in [6, 6.07) is 12.2. The number of rotatable bonds is 13. The SMILES string of the molecule is Nc1ccc(S(=O)(=O)N(CC[C@H](O)CN(CC2CCCC2)S(=O)(=O)c2ccc(N)cc2)CC2CCCC2)cc1. The van der Waals surface area contributed by atoms with Crippen LogP contribution in [0.4, 0.5) is 11.4 Å². The van der Waals surface area contributed by atoms with Crippen LogP contribution in [0, 0.1) is 11.8 Å². The van der Waals surface area contributed by atoms with Gasteiger partial charge in [0.15, 0.2) is 0 Å². The molecule has 0 radical (unpaired) electrons. The number of aliphatic hydroxyl groups is 1. The molecule has 0 amide bonds. The highest BCUT2D eigenvalue weighted by atomic mass is 32.2. The van der Waals surface area contributed by atoms with Gasteiger partial charge in [-0.3, -0.25) is 0 Å². The van der Waals surface area contributed by atoms with Crippen molar-refractivity contribution in [3.8, 4) is 0 Å². The van der Waals surface area contributed by atoms with Gasteiger partial charge in [-0.2, -0.15) is 8.61 Å². The minimum atomic E-state index is -3.86. The van der Waals surface area contributed by atoms with Gasteiger partial charge in [0.25, 0.3) is 0 Å². The van der Waals surface area contributed by atoms with Crippen LogP contribution >= 0.6 is 0 Å². The summed E-state index contributed by atoms with van der Waals surface area (Å²) in [7, 11) is -7.66. The topological polar surface area (TPSA) is 147 Å². The molecule has 0 bridgehead atoms. The predicted octanol–water partition coefficient (Wildman–Crippen LogP) is 3.66. The van der Waals surface area contributed by atoms with Gasteiger partial charge in [0.2, 0.25) is 20.0 Å². The normalized spacial score (nSPS) is 18.3. The van der Waals surface area contributed by atoms with Gasteiger partial charge in [-0.1, -0.05) is 25.7 Å². The van der Waals surface area contributed by atoms with E-state index in [0.29, 0.717) is 24.5 Å². The van der Waals surface area contributed by atoms with Crippen molar-refractivity contribution in [2.24, 2.45) is 11.8 Å². The highest BCUT2D eigenvalue weighted by molar-refractivity contribution is 7.89. The second-order valence-electron chi connectivity index (χ2n) is 11.1. The van der Waals surface area contributed by atoms with Gasteiger partial charge in [0.05, 0.1) is 15.9 Å². The molecule has 216 valence electrons. The van der Waals surface area contributed by atoms with E-state index in [0.717, 1.165) is 51.4 Å². The van der Waals surface area contributed by atoms with Crippen LogP contribution in [-0.4, -0.2) is 62.8 Å². The third-order valence-corrected chi connectivity index (χ3v) is 11.8. The smallest absolute Gasteiger partial charge is 0.243 e. The summed E-state index contributed by atoms with van der Waals surface area (Å²) in [5, 5.41) is 11.1. The molecule has 11 heteroatoms. The molecule has 1 atom stereocenters. The van der Waals surface area contributed by atoms with Crippen LogP contribution in [0.2, 0.25) is 0 Å². The second kappa shape index (κ2) is 13.0. The Morgan fingerprint density at radius 3 is 1.51 bits per heavy atom. The molecule has 39 heavy (non-hydrogen) atoms. The molecule has 2 aromatic rings. The Kier molecular flexibility index (Phi) is 9.92. The molecule has 0 spiro atoms. The molecule has 0 aliphatic heterocycles. The molecule has 0 heterocycles. The first-order valence-electron chi connectivity index (χ1n) is 13.9. The first-order chi connectivity index (χ1) is 18.6. The van der Waals surface area contributed by atoms with Crippen molar-refractivity contribution >= 4 is 31.4 Å². The third-order valence-electron chi connectivity index (χ3n) is 8.04. The number of benzene rings is 2. The van der Waals surface area contributed by atoms with Crippen molar-refractivity contribution in [2.45, 2.75) is 73.7 Å². The molecular formula is C28H42N4O5S2. The van der Waals surface area contributed by atoms with Crippen molar-refractivity contribution in [2.75, 3.05) is 37.6 Å². The molecule has 9 nitrogen and oxygen atoms in total. The number of sulfonamides is 2. The van der Waals surface area contributed by atoms with E-state index in [1.54, 1.807) is 24.3 Å². The summed E-state index contributed by atoms with van der Waals surface area (Å²) >= 11 is 0. The van der Waals surface area contributed by atoms with E-state index in [-0.39, 0.29) is 41.1 Å². The number of aliphatic hydroxyl groups excluding tert-OH is 1. The molecule has 2 aromatic carbocycles. The maximum Gasteiger partial charge on any atom is 0.243 e. The van der Waals surface area contributed by atoms with Crippen LogP contribution in [-0.2, 0) is 20.0 Å². The fourth-order valence-corrected chi connectivity index (χ4v) is 8.82. The van der Waals surface area contributed by atoms with Crippen molar-refractivity contribution in [3.63, 3.8) is 0 Å². The van der Waals surface area contributed by atoms with E-state index in [1.165, 1.54) is 32.9 Å². The van der Waals surface area contributed by atoms with E-state index in [4.69, 9.17) is 11.5 Å². The van der Waals surface area contributed by atoms with E-state index >= 15 is 0 Å². The first-order valence-corrected chi connectivity index (χ1v) is 16.8. The van der Waals surface area contributed by atoms with Gasteiger partial charge in [-0.15, -0.1) is 0 Å². The summed E-state index contributed by atoms with van der Waals surface area (Å²) in [6.45, 7) is 0.722. The quantitative estimate of drug-likeness (QED) is 0.307. The Bertz CT molecular complexity index is 1270. The summed E-state index contributed by atoms with van der Waals surface area (Å²) in [4.78, 5) is 0.300. The van der Waals surface area contributed by atoms with Gasteiger partial charge in [0.1, 0.15) is 0 Å². The van der Waals surface area contributed by atoms with Gasteiger partial charge in [-0.25, -0.2) is 16.8 Å². The molecule has 0 aromatic heterocycles. The first kappa shape index (κ1) is 29.8. The Hall–Kier alpha value is -2.18. The average molecular weight is 579 g/mol. The van der Waals surface area contributed by atoms with E-state index < -0.39 is 26.2 Å². The lowest BCUT2D eigenvalue weighted by atomic mass is 10.1. The minimum absolute atomic E-state index is 0.0948. The fraction of sp³-hybridized carbons (Fsp3) is 0.571. The molecule has 4 rings (SSSR count). The van der Waals surface area contributed by atoms with Crippen LogP contribution in [0.5, 0.6) is 0 Å². The number of hydrogen-bond acceptors (Lipinski definition) is 7. The fourth-order valence-electron chi connectivity index (χ4n) is 5.74. The van der Waals surface area contributed by atoms with Crippen molar-refractivity contribution in [1.29, 1.82) is 0 Å². The Morgan fingerprint density at radius 1 is 0.692 bits per heavy atom. The van der Waals surface area contributed by atoms with Gasteiger partial charge in [-0.05, 0) is 92.5 Å². The van der Waals surface area contributed by atoms with Crippen molar-refractivity contribution in [3.05, 3.63) is 48.5 Å². The lowest BCUT2D eigenvalue weighted by Gasteiger charge is -2.29. The molecule has 0 unspecified atom stereocenters. The maximum atomic E-state index is 13.6. The number of nitrogens with two attached hydrogens (primary N) is 2. The van der Waals surface area contributed by atoms with Gasteiger partial charge < -0.3 is 16.6 Å². The van der Waals surface area contributed by atoms with Crippen LogP contribution in [0.15, 0.2) is 58.3 Å². The van der Waals surface area contributed by atoms with Crippen molar-refractivity contribution < 1.29 is 21.9 Å². The maximum absolute atomic E-state index is 13.6. The Morgan fingerprint density at radius 2 is 1.08 bits per heavy atom. The molecule has 2 aliphatic carbocycles. The zero-order valence-corrected chi connectivity index (χ0v) is 24.1. The van der Waals surface area contributed by atoms with Crippen LogP contribution in [0.3, 0.4) is 0 Å². The van der Waals surface area contributed by atoms with Crippen LogP contribution in [0.1, 0.15) is 57.8 Å². The molecule has 2 aliphatic rings. The van der Waals surface area contributed by atoms with E-state index in [9.17, 15) is 21.9 Å². The third kappa shape index (κ3) is 7.73. The van der Waals surface area contributed by atoms with Gasteiger partial charge >= 0.3 is 0 Å². The Balaban J connectivity index is 1.49. The summed E-state index contributed by atoms with van der Waals surface area (Å²) in [6.07, 6.45) is 7.28. The lowest BCUT2D eigenvalue weighted by Crippen LogP contribution is -2.42. The summed E-state index contributed by atoms with van der Waals surface area (Å²) < 4.78 is 57.1. The van der Waals surface area contributed by atoms with Crippen LogP contribution in [0.25, 0.3) is 0 Å². The number of anilines is 2. The second-order valence-corrected chi connectivity index (χ2v) is 14.9. The average Bonchev–Trinajstić information content (AvgIpc) is 3.61. The number of nitrogen functional groups attached to an aromatic ring is 2. The molecular weight excluding hydrogens is 536 g/mol. The number of nitrogens with zero attached hydrogens (tertiary/aromatic N) is 2. The standard InChI is InChI=1S/C28H42N4O5S2/c29-24-9-13-27(14-10-24)38(34,35)31(19-22-5-1-2-6-22)18-17-26(33)21-32(20-23-7-3-4-8-23)39(36,37)28-15-11-25(30)12-16-28/h9-16,22-23,26,33H,1-8,17-21,29-30H2/t26-/m0/s1. The zero-order valence-electron chi connectivity index (χ0n) is 22.5. The molecule has 2 saturated carbocycles. The van der Waals surface area contributed by atoms with Gasteiger partial charge in [0, 0.05) is 37.6 Å². The predicted molar refractivity (Wildman–Crippen MR) is 154 cm³/mol. The largest absolute Gasteiger partial charge is 0.399 e. The summed E-state index contributed by atoms with van der Waals surface area (Å²) in [5.74, 6) is 0.515. The van der Waals surface area contributed by atoms with E-state index in [2.05, 4.69) is 0 Å². The van der Waals surface area contributed by atoms with Crippen molar-refractivity contribution in [1.82, 2.24) is 8.61 Å². The van der Waals surface area contributed by atoms with Crippen LogP contribution < -0.4 is 11.5 Å². The zero-order chi connectivity index (χ0) is 28.0. The molecule has 2 fully saturated rings. The minimum Gasteiger partial charge on any atom is -0.399 e. The lowest BCUT2D eigenvalue weighted by molar-refractivity contribution is 0.124. The monoisotopic (exact) mass is 578 g/mol. The van der Waals surface area contributed by atoms with E-state index in [1.807, 2.05) is 0 Å². The molecule has 0 saturated heterocycles. The highest BCUT2D eigenvalue weighted by Gasteiger charge is 2.32. The summed E-state index contributed by atoms with van der Waals surface area (Å²) in [5.41, 5.74) is 12.5. The number of hydrogen-bond donors (Lipinski definition) is 3. The highest BCUT2D eigenvalue weighted by Crippen LogP contribution is 2.30. The Labute approximate surface area is 233 Å². The molecule has 5 N–H and O–H groups in total.